The van der Waals surface area contributed by atoms with Crippen LogP contribution in [0.2, 0.25) is 0 Å². The minimum Gasteiger partial charge on any atom is -0.228 e. The molecule has 0 aliphatic carbocycles. The number of hydrogen-bond acceptors (Lipinski definition) is 5. The Bertz CT molecular complexity index is 2690. The van der Waals surface area contributed by atoms with Gasteiger partial charge in [0.25, 0.3) is 0 Å². The quantitative estimate of drug-likeness (QED) is 0.157. The molecule has 0 radical (unpaired) electrons. The summed E-state index contributed by atoms with van der Waals surface area (Å²) in [6.07, 6.45) is 0. The van der Waals surface area contributed by atoms with E-state index in [4.69, 9.17) is 24.9 Å². The van der Waals surface area contributed by atoms with Crippen molar-refractivity contribution < 1.29 is 0 Å². The van der Waals surface area contributed by atoms with Gasteiger partial charge in [0.2, 0.25) is 0 Å². The number of nitrogens with zero attached hydrogens (tertiary/aromatic N) is 5. The van der Waals surface area contributed by atoms with Crippen molar-refractivity contribution in [1.82, 2.24) is 24.9 Å². The first-order chi connectivity index (χ1) is 27.2. The summed E-state index contributed by atoms with van der Waals surface area (Å²) in [5, 5.41) is 0. The van der Waals surface area contributed by atoms with E-state index in [1.807, 2.05) is 72.8 Å². The van der Waals surface area contributed by atoms with E-state index in [0.29, 0.717) is 23.3 Å². The highest BCUT2D eigenvalue weighted by Crippen LogP contribution is 2.34. The fourth-order valence-corrected chi connectivity index (χ4v) is 6.89. The van der Waals surface area contributed by atoms with Gasteiger partial charge in [0.05, 0.1) is 11.4 Å². The highest BCUT2D eigenvalue weighted by Gasteiger charge is 2.17. The lowest BCUT2D eigenvalue weighted by atomic mass is 9.99. The number of aromatic nitrogens is 5. The smallest absolute Gasteiger partial charge is 0.164 e. The second-order valence-electron chi connectivity index (χ2n) is 13.4. The van der Waals surface area contributed by atoms with Crippen LogP contribution in [-0.2, 0) is 0 Å². The summed E-state index contributed by atoms with van der Waals surface area (Å²) in [5.41, 5.74) is 13.0. The fourth-order valence-electron chi connectivity index (χ4n) is 6.89. The van der Waals surface area contributed by atoms with Gasteiger partial charge in [-0.1, -0.05) is 176 Å². The van der Waals surface area contributed by atoms with Gasteiger partial charge < -0.3 is 0 Å². The molecule has 9 aromatic rings. The van der Waals surface area contributed by atoms with Crippen LogP contribution in [0.15, 0.2) is 194 Å². The van der Waals surface area contributed by atoms with E-state index >= 15 is 0 Å². The molecular formula is C50H35N5. The van der Waals surface area contributed by atoms with Crippen LogP contribution in [0.25, 0.3) is 90.3 Å². The zero-order chi connectivity index (χ0) is 37.0. The van der Waals surface area contributed by atoms with E-state index < -0.39 is 0 Å². The van der Waals surface area contributed by atoms with Gasteiger partial charge in [0.1, 0.15) is 0 Å². The zero-order valence-electron chi connectivity index (χ0n) is 30.2. The lowest BCUT2D eigenvalue weighted by Gasteiger charge is -2.14. The van der Waals surface area contributed by atoms with Crippen LogP contribution in [0.5, 0.6) is 0 Å². The molecule has 0 spiro atoms. The summed E-state index contributed by atoms with van der Waals surface area (Å²) < 4.78 is 0. The fraction of sp³-hybridized carbons (Fsp3) is 0.0200. The summed E-state index contributed by atoms with van der Waals surface area (Å²) in [5.74, 6) is 2.52. The molecule has 7 aromatic carbocycles. The molecule has 0 N–H and O–H groups in total. The van der Waals surface area contributed by atoms with Crippen LogP contribution in [0.4, 0.5) is 0 Å². The van der Waals surface area contributed by atoms with Crippen molar-refractivity contribution >= 4 is 0 Å². The van der Waals surface area contributed by atoms with Crippen LogP contribution in [-0.4, -0.2) is 24.9 Å². The monoisotopic (exact) mass is 705 g/mol. The van der Waals surface area contributed by atoms with Gasteiger partial charge in [-0.25, -0.2) is 24.9 Å². The Morgan fingerprint density at radius 3 is 0.909 bits per heavy atom. The summed E-state index contributed by atoms with van der Waals surface area (Å²) in [4.78, 5) is 25.4. The van der Waals surface area contributed by atoms with E-state index in [9.17, 15) is 0 Å². The minimum absolute atomic E-state index is 0.605. The number of benzene rings is 7. The maximum absolute atomic E-state index is 5.16. The molecule has 260 valence electrons. The molecule has 5 heteroatoms. The predicted molar refractivity (Wildman–Crippen MR) is 224 cm³/mol. The minimum atomic E-state index is 0.605. The molecule has 0 unspecified atom stereocenters. The standard InChI is InChI=1S/C50H35N5/c1-34-45(36-19-8-3-9-20-36)51-48(52-46(34)37-21-10-4-11-22-37)42-28-15-26-40(32-42)41-27-16-30-44(33-41)50-54-47(38-23-12-5-13-24-38)53-49(55-50)43-29-14-25-39(31-43)35-17-6-2-7-18-35/h2-33H,1H3. The van der Waals surface area contributed by atoms with Crippen molar-refractivity contribution in [1.29, 1.82) is 0 Å². The summed E-state index contributed by atoms with van der Waals surface area (Å²) in [7, 11) is 0. The van der Waals surface area contributed by atoms with Crippen molar-refractivity contribution in [3.63, 3.8) is 0 Å². The molecular weight excluding hydrogens is 671 g/mol. The zero-order valence-corrected chi connectivity index (χ0v) is 30.2. The lowest BCUT2D eigenvalue weighted by molar-refractivity contribution is 1.07. The van der Waals surface area contributed by atoms with Crippen molar-refractivity contribution in [2.75, 3.05) is 0 Å². The molecule has 0 saturated heterocycles. The normalized spacial score (nSPS) is 11.0. The average molecular weight is 706 g/mol. The van der Waals surface area contributed by atoms with E-state index in [-0.39, 0.29) is 0 Å². The third-order valence-corrected chi connectivity index (χ3v) is 9.71. The molecule has 0 amide bonds. The first-order valence-electron chi connectivity index (χ1n) is 18.3. The molecule has 0 fully saturated rings. The van der Waals surface area contributed by atoms with Gasteiger partial charge in [-0.15, -0.1) is 0 Å². The Hall–Kier alpha value is -7.37. The van der Waals surface area contributed by atoms with Crippen molar-refractivity contribution in [3.8, 4) is 90.3 Å². The molecule has 0 aliphatic rings. The SMILES string of the molecule is Cc1c(-c2ccccc2)nc(-c2cccc(-c3cccc(-c4nc(-c5ccccc5)nc(-c5cccc(-c6ccccc6)c5)n4)c3)c2)nc1-c1ccccc1. The summed E-state index contributed by atoms with van der Waals surface area (Å²) in [6, 6.07) is 66.3. The molecule has 0 atom stereocenters. The van der Waals surface area contributed by atoms with Crippen LogP contribution < -0.4 is 0 Å². The van der Waals surface area contributed by atoms with E-state index in [1.54, 1.807) is 0 Å². The first kappa shape index (κ1) is 33.5. The van der Waals surface area contributed by atoms with Gasteiger partial charge >= 0.3 is 0 Å². The van der Waals surface area contributed by atoms with Crippen molar-refractivity contribution in [3.05, 3.63) is 200 Å². The highest BCUT2D eigenvalue weighted by atomic mass is 15.0. The maximum Gasteiger partial charge on any atom is 0.164 e. The Morgan fingerprint density at radius 2 is 0.509 bits per heavy atom. The summed E-state index contributed by atoms with van der Waals surface area (Å²) >= 11 is 0. The van der Waals surface area contributed by atoms with E-state index in [1.165, 1.54) is 0 Å². The third-order valence-electron chi connectivity index (χ3n) is 9.71. The largest absolute Gasteiger partial charge is 0.228 e. The second kappa shape index (κ2) is 14.9. The molecule has 5 nitrogen and oxygen atoms in total. The van der Waals surface area contributed by atoms with Crippen LogP contribution >= 0.6 is 0 Å². The number of hydrogen-bond donors (Lipinski definition) is 0. The summed E-state index contributed by atoms with van der Waals surface area (Å²) in [6.45, 7) is 2.10. The Kier molecular flexibility index (Phi) is 9.09. The van der Waals surface area contributed by atoms with Gasteiger partial charge in [0.15, 0.2) is 23.3 Å². The Morgan fingerprint density at radius 1 is 0.236 bits per heavy atom. The highest BCUT2D eigenvalue weighted by molar-refractivity contribution is 5.79. The molecule has 2 heterocycles. The van der Waals surface area contributed by atoms with Crippen LogP contribution in [0.3, 0.4) is 0 Å². The van der Waals surface area contributed by atoms with E-state index in [2.05, 4.69) is 128 Å². The lowest BCUT2D eigenvalue weighted by Crippen LogP contribution is -2.00. The first-order valence-corrected chi connectivity index (χ1v) is 18.3. The average Bonchev–Trinajstić information content (AvgIpc) is 3.27. The van der Waals surface area contributed by atoms with Gasteiger partial charge in [-0.05, 0) is 47.4 Å². The van der Waals surface area contributed by atoms with Gasteiger partial charge in [0, 0.05) is 38.9 Å². The second-order valence-corrected chi connectivity index (χ2v) is 13.4. The van der Waals surface area contributed by atoms with Crippen LogP contribution in [0.1, 0.15) is 5.56 Å². The third kappa shape index (κ3) is 7.07. The van der Waals surface area contributed by atoms with Crippen molar-refractivity contribution in [2.45, 2.75) is 6.92 Å². The molecule has 9 rings (SSSR count). The van der Waals surface area contributed by atoms with E-state index in [0.717, 1.165) is 72.6 Å². The molecule has 55 heavy (non-hydrogen) atoms. The molecule has 0 saturated carbocycles. The van der Waals surface area contributed by atoms with Gasteiger partial charge in [-0.2, -0.15) is 0 Å². The van der Waals surface area contributed by atoms with Crippen LogP contribution in [0, 0.1) is 6.92 Å². The van der Waals surface area contributed by atoms with Gasteiger partial charge in [-0.3, -0.25) is 0 Å². The Labute approximate surface area is 320 Å². The Balaban J connectivity index is 1.13. The number of rotatable bonds is 8. The molecule has 2 aromatic heterocycles. The molecule has 0 aliphatic heterocycles. The predicted octanol–water partition coefficient (Wildman–Crippen LogP) is 12.3. The molecule has 0 bridgehead atoms. The van der Waals surface area contributed by atoms with Crippen molar-refractivity contribution in [2.24, 2.45) is 0 Å². The maximum atomic E-state index is 5.16. The topological polar surface area (TPSA) is 64.5 Å².